The number of allylic oxidation sites excluding steroid dienone is 12. The summed E-state index contributed by atoms with van der Waals surface area (Å²) < 4.78 is 16.7. The molecule has 0 aliphatic rings. The fraction of sp³-hybridized carbons (Fsp3) is 0.722. The third-order valence-electron chi connectivity index (χ3n) is 10.4. The first-order chi connectivity index (χ1) is 29.5. The number of rotatable bonds is 44. The third-order valence-corrected chi connectivity index (χ3v) is 10.4. The Labute approximate surface area is 370 Å². The number of carbonyl (C=O) groups is 3. The Balaban J connectivity index is 4.33. The minimum Gasteiger partial charge on any atom is -0.462 e. The summed E-state index contributed by atoms with van der Waals surface area (Å²) in [6.45, 7) is 6.44. The molecule has 1 atom stereocenters. The van der Waals surface area contributed by atoms with Gasteiger partial charge in [-0.2, -0.15) is 0 Å². The summed E-state index contributed by atoms with van der Waals surface area (Å²) in [4.78, 5) is 37.8. The molecule has 0 aliphatic carbocycles. The largest absolute Gasteiger partial charge is 0.462 e. The highest BCUT2D eigenvalue weighted by atomic mass is 16.6. The van der Waals surface area contributed by atoms with Gasteiger partial charge in [-0.25, -0.2) is 0 Å². The molecule has 0 radical (unpaired) electrons. The van der Waals surface area contributed by atoms with Gasteiger partial charge in [-0.1, -0.05) is 196 Å². The Morgan fingerprint density at radius 1 is 0.350 bits per heavy atom. The molecule has 0 spiro atoms. The predicted octanol–water partition coefficient (Wildman–Crippen LogP) is 16.3. The van der Waals surface area contributed by atoms with E-state index in [1.54, 1.807) is 0 Å². The molecule has 0 saturated heterocycles. The molecule has 0 fully saturated rings. The summed E-state index contributed by atoms with van der Waals surface area (Å²) in [6, 6.07) is 0. The van der Waals surface area contributed by atoms with Gasteiger partial charge in [0, 0.05) is 19.3 Å². The first-order valence-electron chi connectivity index (χ1n) is 24.9. The van der Waals surface area contributed by atoms with Crippen molar-refractivity contribution in [2.24, 2.45) is 0 Å². The van der Waals surface area contributed by atoms with Gasteiger partial charge in [-0.3, -0.25) is 14.4 Å². The molecule has 0 N–H and O–H groups in total. The third kappa shape index (κ3) is 45.9. The van der Waals surface area contributed by atoms with Gasteiger partial charge in [0.25, 0.3) is 0 Å². The van der Waals surface area contributed by atoms with Crippen molar-refractivity contribution in [2.75, 3.05) is 13.2 Å². The van der Waals surface area contributed by atoms with Crippen molar-refractivity contribution in [3.8, 4) is 0 Å². The minimum absolute atomic E-state index is 0.0914. The molecule has 344 valence electrons. The second kappa shape index (κ2) is 48.5. The number of unbranched alkanes of at least 4 members (excludes halogenated alkanes) is 21. The standard InChI is InChI=1S/C54H92O6/c1-4-7-10-13-16-19-21-23-24-25-26-27-28-29-30-32-33-35-38-41-44-47-53(56)59-50-51(49-58-52(55)46-43-40-37-18-15-12-9-6-3)60-54(57)48-45-42-39-36-34-31-22-20-17-14-11-8-5-2/h8,11,17,20-21,23,25-26,28-29,31,34,51H,4-7,9-10,12-16,18-19,22,24,27,30,32-33,35-50H2,1-3H3/b11-8-,20-17-,23-21-,26-25-,29-28-,34-31-. The minimum atomic E-state index is -0.792. The van der Waals surface area contributed by atoms with E-state index >= 15 is 0 Å². The second-order valence-corrected chi connectivity index (χ2v) is 16.3. The van der Waals surface area contributed by atoms with Crippen molar-refractivity contribution in [1.29, 1.82) is 0 Å². The molecule has 0 aromatic rings. The van der Waals surface area contributed by atoms with E-state index in [2.05, 4.69) is 93.7 Å². The first-order valence-corrected chi connectivity index (χ1v) is 24.9. The maximum Gasteiger partial charge on any atom is 0.306 e. The van der Waals surface area contributed by atoms with Crippen molar-refractivity contribution in [1.82, 2.24) is 0 Å². The molecule has 0 heterocycles. The van der Waals surface area contributed by atoms with Gasteiger partial charge in [0.05, 0.1) is 0 Å². The summed E-state index contributed by atoms with van der Waals surface area (Å²) in [5, 5.41) is 0. The molecular formula is C54H92O6. The Hall–Kier alpha value is -3.15. The zero-order valence-electron chi connectivity index (χ0n) is 39.2. The number of hydrogen-bond acceptors (Lipinski definition) is 6. The van der Waals surface area contributed by atoms with Crippen LogP contribution in [0.15, 0.2) is 72.9 Å². The molecule has 60 heavy (non-hydrogen) atoms. The Morgan fingerprint density at radius 3 is 1.03 bits per heavy atom. The highest BCUT2D eigenvalue weighted by Crippen LogP contribution is 2.13. The summed E-state index contributed by atoms with van der Waals surface area (Å²) in [6.07, 6.45) is 60.4. The molecule has 0 aromatic heterocycles. The van der Waals surface area contributed by atoms with Crippen molar-refractivity contribution in [3.63, 3.8) is 0 Å². The summed E-state index contributed by atoms with van der Waals surface area (Å²) in [7, 11) is 0. The van der Waals surface area contributed by atoms with Gasteiger partial charge in [0.1, 0.15) is 13.2 Å². The number of carbonyl (C=O) groups excluding carboxylic acids is 3. The first kappa shape index (κ1) is 56.9. The van der Waals surface area contributed by atoms with Crippen LogP contribution in [-0.4, -0.2) is 37.2 Å². The van der Waals surface area contributed by atoms with E-state index in [1.165, 1.54) is 89.9 Å². The molecule has 1 unspecified atom stereocenters. The Bertz CT molecular complexity index is 1140. The highest BCUT2D eigenvalue weighted by Gasteiger charge is 2.19. The van der Waals surface area contributed by atoms with Crippen molar-refractivity contribution in [3.05, 3.63) is 72.9 Å². The summed E-state index contributed by atoms with van der Waals surface area (Å²) >= 11 is 0. The zero-order valence-corrected chi connectivity index (χ0v) is 39.2. The average Bonchev–Trinajstić information content (AvgIpc) is 3.24. The van der Waals surface area contributed by atoms with Gasteiger partial charge in [-0.05, 0) is 89.9 Å². The lowest BCUT2D eigenvalue weighted by atomic mass is 10.1. The number of esters is 3. The van der Waals surface area contributed by atoms with Crippen molar-refractivity contribution >= 4 is 17.9 Å². The van der Waals surface area contributed by atoms with Crippen LogP contribution in [-0.2, 0) is 28.6 Å². The van der Waals surface area contributed by atoms with Crippen molar-refractivity contribution in [2.45, 2.75) is 239 Å². The van der Waals surface area contributed by atoms with Crippen LogP contribution in [0.2, 0.25) is 0 Å². The Morgan fingerprint density at radius 2 is 0.650 bits per heavy atom. The van der Waals surface area contributed by atoms with E-state index in [9.17, 15) is 14.4 Å². The molecule has 0 saturated carbocycles. The van der Waals surface area contributed by atoms with Gasteiger partial charge >= 0.3 is 17.9 Å². The van der Waals surface area contributed by atoms with Crippen LogP contribution >= 0.6 is 0 Å². The van der Waals surface area contributed by atoms with Gasteiger partial charge in [0.15, 0.2) is 6.10 Å². The van der Waals surface area contributed by atoms with Gasteiger partial charge < -0.3 is 14.2 Å². The molecule has 0 rings (SSSR count). The van der Waals surface area contributed by atoms with Crippen LogP contribution in [0.25, 0.3) is 0 Å². The van der Waals surface area contributed by atoms with E-state index in [4.69, 9.17) is 14.2 Å². The normalized spacial score (nSPS) is 12.7. The van der Waals surface area contributed by atoms with Crippen LogP contribution in [0.1, 0.15) is 233 Å². The van der Waals surface area contributed by atoms with Crippen LogP contribution in [0, 0.1) is 0 Å². The zero-order chi connectivity index (χ0) is 43.7. The predicted molar refractivity (Wildman–Crippen MR) is 256 cm³/mol. The van der Waals surface area contributed by atoms with E-state index < -0.39 is 6.10 Å². The topological polar surface area (TPSA) is 78.9 Å². The highest BCUT2D eigenvalue weighted by molar-refractivity contribution is 5.71. The van der Waals surface area contributed by atoms with Crippen molar-refractivity contribution < 1.29 is 28.6 Å². The lowest BCUT2D eigenvalue weighted by molar-refractivity contribution is -0.167. The van der Waals surface area contributed by atoms with Crippen LogP contribution in [0.5, 0.6) is 0 Å². The van der Waals surface area contributed by atoms with E-state index in [1.807, 2.05) is 0 Å². The molecule has 6 heteroatoms. The quantitative estimate of drug-likeness (QED) is 0.0263. The molecule has 0 aromatic carbocycles. The lowest BCUT2D eigenvalue weighted by Crippen LogP contribution is -2.30. The van der Waals surface area contributed by atoms with E-state index in [0.29, 0.717) is 19.3 Å². The second-order valence-electron chi connectivity index (χ2n) is 16.3. The molecular weight excluding hydrogens is 745 g/mol. The monoisotopic (exact) mass is 837 g/mol. The fourth-order valence-corrected chi connectivity index (χ4v) is 6.70. The molecule has 0 bridgehead atoms. The maximum absolute atomic E-state index is 12.7. The average molecular weight is 837 g/mol. The molecule has 0 amide bonds. The fourth-order valence-electron chi connectivity index (χ4n) is 6.70. The SMILES string of the molecule is CC/C=C\C/C=C\C/C=C\CCCCCC(=O)OC(COC(=O)CCCCCCCC/C=C\C/C=C\C/C=C\CCCCCCC)COC(=O)CCCCCCCCCC. The van der Waals surface area contributed by atoms with Gasteiger partial charge in [0.2, 0.25) is 0 Å². The van der Waals surface area contributed by atoms with E-state index in [0.717, 1.165) is 103 Å². The van der Waals surface area contributed by atoms with Crippen LogP contribution < -0.4 is 0 Å². The summed E-state index contributed by atoms with van der Waals surface area (Å²) in [5.41, 5.74) is 0. The Kier molecular flexibility index (Phi) is 46.0. The molecule has 0 aliphatic heterocycles. The molecule has 6 nitrogen and oxygen atoms in total. The van der Waals surface area contributed by atoms with Crippen LogP contribution in [0.4, 0.5) is 0 Å². The lowest BCUT2D eigenvalue weighted by Gasteiger charge is -2.18. The van der Waals surface area contributed by atoms with Gasteiger partial charge in [-0.15, -0.1) is 0 Å². The number of hydrogen-bond donors (Lipinski definition) is 0. The summed E-state index contributed by atoms with van der Waals surface area (Å²) in [5.74, 6) is -0.940. The smallest absolute Gasteiger partial charge is 0.306 e. The van der Waals surface area contributed by atoms with Crippen LogP contribution in [0.3, 0.4) is 0 Å². The number of ether oxygens (including phenoxy) is 3. The maximum atomic E-state index is 12.7. The van der Waals surface area contributed by atoms with E-state index in [-0.39, 0.29) is 31.1 Å².